The molecule has 0 aliphatic heterocycles. The molecule has 73 heavy (non-hydrogen) atoms. The van der Waals surface area contributed by atoms with Gasteiger partial charge in [0.15, 0.2) is 25.9 Å². The first-order chi connectivity index (χ1) is 33.9. The highest BCUT2D eigenvalue weighted by Gasteiger charge is 2.39. The lowest BCUT2D eigenvalue weighted by Gasteiger charge is -2.23. The van der Waals surface area contributed by atoms with Crippen LogP contribution in [-0.4, -0.2) is 75.1 Å². The second-order valence-electron chi connectivity index (χ2n) is 19.6. The zero-order chi connectivity index (χ0) is 54.8. The fourth-order valence-corrected chi connectivity index (χ4v) is 6.60. The zero-order valence-electron chi connectivity index (χ0n) is 43.8. The largest absolute Gasteiger partial charge is 0.482 e. The highest BCUT2D eigenvalue weighted by molar-refractivity contribution is 5.85. The van der Waals surface area contributed by atoms with Gasteiger partial charge >= 0.3 is 24.1 Å². The van der Waals surface area contributed by atoms with Gasteiger partial charge in [-0.1, -0.05) is 128 Å². The van der Waals surface area contributed by atoms with Crippen molar-refractivity contribution in [1.29, 1.82) is 0 Å². The maximum atomic E-state index is 12.6. The summed E-state index contributed by atoms with van der Waals surface area (Å²) >= 11 is 0. The van der Waals surface area contributed by atoms with Gasteiger partial charge < -0.3 is 28.4 Å². The molecule has 0 saturated heterocycles. The smallest absolute Gasteiger partial charge is 0.425 e. The lowest BCUT2D eigenvalue weighted by Crippen LogP contribution is -2.32. The van der Waals surface area contributed by atoms with E-state index in [1.165, 1.54) is 11.1 Å². The Morgan fingerprint density at radius 1 is 0.507 bits per heavy atom. The number of esters is 3. The summed E-state index contributed by atoms with van der Waals surface area (Å²) in [4.78, 5) is 34.0. The number of halogens is 7. The molecule has 0 N–H and O–H groups in total. The Labute approximate surface area is 425 Å². The summed E-state index contributed by atoms with van der Waals surface area (Å²) in [7, 11) is 0. The highest BCUT2D eigenvalue weighted by atomic mass is 19.4. The molecule has 0 aromatic heterocycles. The number of hydrogen-bond donors (Lipinski definition) is 0. The third kappa shape index (κ3) is 22.1. The van der Waals surface area contributed by atoms with Crippen molar-refractivity contribution in [2.75, 3.05) is 33.0 Å². The van der Waals surface area contributed by atoms with Crippen LogP contribution in [0.3, 0.4) is 0 Å². The standard InChI is InChI=1S/C21H26F2O3.C20H24F2O3.C16H21F3O3/c1-5-20(2,3)18-9-8-16-10-15(6-7-17(16)11-18)12-25-13-19(24)26-14-21(4,22)23;1-4-14(2)16-7-8-17-9-15(5-6-18(17)10-16)11-24-12-19(23)25-13-20(3,21)22;1-5-15(3,4)12-6-8-13(9-7-12)21-10-14(20)22-11(2)16(17,18)19/h6-11H,5,12-14H2,1-4H3;5-10,14H,4,11-13H2,1-3H3;6-9,11H,5,10H2,1-4H3. The van der Waals surface area contributed by atoms with Gasteiger partial charge in [0.1, 0.15) is 19.0 Å². The van der Waals surface area contributed by atoms with Gasteiger partial charge in [0.25, 0.3) is 11.8 Å². The van der Waals surface area contributed by atoms with Gasteiger partial charge in [0.2, 0.25) is 0 Å². The molecular weight excluding hydrogens is 962 g/mol. The summed E-state index contributed by atoms with van der Waals surface area (Å²) < 4.78 is 116. The molecule has 0 radical (unpaired) electrons. The third-order valence-electron chi connectivity index (χ3n) is 12.3. The van der Waals surface area contributed by atoms with Crippen molar-refractivity contribution in [1.82, 2.24) is 0 Å². The van der Waals surface area contributed by atoms with Crippen LogP contribution >= 0.6 is 0 Å². The first-order valence-electron chi connectivity index (χ1n) is 24.2. The summed E-state index contributed by atoms with van der Waals surface area (Å²) in [5.74, 6) is -7.76. The molecule has 0 aliphatic rings. The molecule has 0 saturated carbocycles. The molecule has 2 atom stereocenters. The van der Waals surface area contributed by atoms with E-state index in [-0.39, 0.29) is 37.3 Å². The van der Waals surface area contributed by atoms with E-state index in [1.54, 1.807) is 12.1 Å². The Balaban J connectivity index is 0.000000290. The molecular formula is C57H71F7O9. The maximum absolute atomic E-state index is 12.6. The average Bonchev–Trinajstić information content (AvgIpc) is 3.33. The summed E-state index contributed by atoms with van der Waals surface area (Å²) in [6, 6.07) is 31.9. The molecule has 0 heterocycles. The SMILES string of the molecule is CCC(C)(C)c1ccc(OCC(=O)OC(C)C(F)(F)F)cc1.CCC(C)(C)c1ccc2cc(COCC(=O)OCC(C)(F)F)ccc2c1.CCC(C)c1ccc2cc(COCC(=O)OCC(C)(F)F)ccc2c1. The molecule has 9 nitrogen and oxygen atoms in total. The number of hydrogen-bond acceptors (Lipinski definition) is 9. The van der Waals surface area contributed by atoms with E-state index in [2.05, 4.69) is 106 Å². The van der Waals surface area contributed by atoms with Crippen LogP contribution in [0.15, 0.2) is 97.1 Å². The van der Waals surface area contributed by atoms with Gasteiger partial charge in [-0.15, -0.1) is 0 Å². The van der Waals surface area contributed by atoms with Crippen LogP contribution in [0, 0.1) is 0 Å². The molecule has 402 valence electrons. The van der Waals surface area contributed by atoms with Crippen molar-refractivity contribution in [3.8, 4) is 5.75 Å². The van der Waals surface area contributed by atoms with E-state index in [9.17, 15) is 45.1 Å². The number of alkyl halides is 7. The van der Waals surface area contributed by atoms with Gasteiger partial charge in [-0.05, 0) is 117 Å². The number of rotatable bonds is 22. The Kier molecular flexibility index (Phi) is 23.2. The van der Waals surface area contributed by atoms with Crippen molar-refractivity contribution < 1.29 is 73.5 Å². The van der Waals surface area contributed by atoms with Gasteiger partial charge in [-0.3, -0.25) is 0 Å². The summed E-state index contributed by atoms with van der Waals surface area (Å²) in [6.45, 7) is 16.8. The number of carbonyl (C=O) groups excluding carboxylic acids is 3. The highest BCUT2D eigenvalue weighted by Crippen LogP contribution is 2.31. The van der Waals surface area contributed by atoms with Gasteiger partial charge in [-0.2, -0.15) is 13.2 Å². The maximum Gasteiger partial charge on any atom is 0.425 e. The number of ether oxygens (including phenoxy) is 6. The molecule has 0 aliphatic carbocycles. The van der Waals surface area contributed by atoms with Crippen LogP contribution in [0.4, 0.5) is 30.7 Å². The topological polar surface area (TPSA) is 107 Å². The van der Waals surface area contributed by atoms with E-state index >= 15 is 0 Å². The van der Waals surface area contributed by atoms with Crippen LogP contribution in [-0.2, 0) is 62.1 Å². The van der Waals surface area contributed by atoms with E-state index in [0.29, 0.717) is 25.5 Å². The Hall–Kier alpha value is -5.74. The van der Waals surface area contributed by atoms with Crippen molar-refractivity contribution in [3.05, 3.63) is 125 Å². The molecule has 2 unspecified atom stereocenters. The minimum absolute atomic E-state index is 0.0274. The molecule has 5 aromatic carbocycles. The molecule has 16 heteroatoms. The zero-order valence-corrected chi connectivity index (χ0v) is 43.8. The quantitative estimate of drug-likeness (QED) is 0.0380. The van der Waals surface area contributed by atoms with Crippen molar-refractivity contribution >= 4 is 39.5 Å². The first-order valence-corrected chi connectivity index (χ1v) is 24.2. The van der Waals surface area contributed by atoms with Crippen molar-refractivity contribution in [3.63, 3.8) is 0 Å². The Bertz CT molecular complexity index is 2530. The molecule has 0 amide bonds. The van der Waals surface area contributed by atoms with Crippen LogP contribution in [0.2, 0.25) is 0 Å². The van der Waals surface area contributed by atoms with Crippen LogP contribution < -0.4 is 4.74 Å². The number of benzene rings is 5. The van der Waals surface area contributed by atoms with Crippen LogP contribution in [0.5, 0.6) is 5.75 Å². The lowest BCUT2D eigenvalue weighted by molar-refractivity contribution is -0.217. The number of fused-ring (bicyclic) bond motifs is 2. The predicted octanol–water partition coefficient (Wildman–Crippen LogP) is 14.6. The predicted molar refractivity (Wildman–Crippen MR) is 269 cm³/mol. The Morgan fingerprint density at radius 2 is 0.932 bits per heavy atom. The summed E-state index contributed by atoms with van der Waals surface area (Å²) in [6.07, 6.45) is -3.59. The van der Waals surface area contributed by atoms with E-state index < -0.39 is 61.9 Å². The minimum atomic E-state index is -4.57. The normalized spacial score (nSPS) is 13.0. The average molecular weight is 1030 g/mol. The summed E-state index contributed by atoms with van der Waals surface area (Å²) in [5.41, 5.74) is 5.72. The van der Waals surface area contributed by atoms with E-state index in [4.69, 9.17) is 14.2 Å². The third-order valence-corrected chi connectivity index (χ3v) is 12.3. The van der Waals surface area contributed by atoms with Gasteiger partial charge in [0, 0.05) is 13.8 Å². The minimum Gasteiger partial charge on any atom is -0.482 e. The van der Waals surface area contributed by atoms with Crippen LogP contribution in [0.25, 0.3) is 21.5 Å². The fraction of sp³-hybridized carbons (Fsp3) is 0.491. The fourth-order valence-electron chi connectivity index (χ4n) is 6.60. The van der Waals surface area contributed by atoms with E-state index in [1.807, 2.05) is 48.5 Å². The molecule has 0 spiro atoms. The second-order valence-corrected chi connectivity index (χ2v) is 19.6. The van der Waals surface area contributed by atoms with Crippen molar-refractivity contribution in [2.24, 2.45) is 0 Å². The molecule has 0 bridgehead atoms. The van der Waals surface area contributed by atoms with Crippen molar-refractivity contribution in [2.45, 2.75) is 150 Å². The molecule has 5 aromatic rings. The van der Waals surface area contributed by atoms with Gasteiger partial charge in [0.05, 0.1) is 13.2 Å². The van der Waals surface area contributed by atoms with Crippen LogP contribution in [0.1, 0.15) is 129 Å². The second kappa shape index (κ2) is 27.5. The molecule has 0 fully saturated rings. The lowest BCUT2D eigenvalue weighted by atomic mass is 9.81. The summed E-state index contributed by atoms with van der Waals surface area (Å²) in [5, 5.41) is 4.50. The molecule has 5 rings (SSSR count). The van der Waals surface area contributed by atoms with E-state index in [0.717, 1.165) is 64.4 Å². The number of carbonyl (C=O) groups is 3. The monoisotopic (exact) mass is 1030 g/mol. The first kappa shape index (κ1) is 61.6. The van der Waals surface area contributed by atoms with Gasteiger partial charge in [-0.25, -0.2) is 31.9 Å². The Morgan fingerprint density at radius 3 is 1.38 bits per heavy atom.